The third kappa shape index (κ3) is 40.1. The molecular formula is C44H84F3NO5. The number of alkyl halides is 3. The minimum atomic E-state index is -4.04. The number of aliphatic hydroxyl groups excluding tert-OH is 1. The van der Waals surface area contributed by atoms with Gasteiger partial charge in [0.1, 0.15) is 6.10 Å². The third-order valence-electron chi connectivity index (χ3n) is 10.3. The van der Waals surface area contributed by atoms with Gasteiger partial charge in [0.25, 0.3) is 0 Å². The van der Waals surface area contributed by atoms with Crippen molar-refractivity contribution in [3.8, 4) is 0 Å². The Kier molecular flexibility index (Phi) is 37.9. The molecule has 0 radical (unpaired) electrons. The van der Waals surface area contributed by atoms with Gasteiger partial charge in [-0.15, -0.1) is 0 Å². The van der Waals surface area contributed by atoms with Gasteiger partial charge in [0.05, 0.1) is 6.61 Å². The summed E-state index contributed by atoms with van der Waals surface area (Å²) in [6.07, 6.45) is 27.5. The fourth-order valence-electron chi connectivity index (χ4n) is 6.90. The van der Waals surface area contributed by atoms with E-state index in [0.717, 1.165) is 148 Å². The zero-order valence-corrected chi connectivity index (χ0v) is 34.6. The number of hydrogen-bond donors (Lipinski definition) is 1. The van der Waals surface area contributed by atoms with Crippen LogP contribution < -0.4 is 0 Å². The second kappa shape index (κ2) is 38.9. The Labute approximate surface area is 324 Å². The fourth-order valence-corrected chi connectivity index (χ4v) is 6.90. The highest BCUT2D eigenvalue weighted by Crippen LogP contribution is 2.23. The number of esters is 2. The van der Waals surface area contributed by atoms with E-state index in [4.69, 9.17) is 9.47 Å². The summed E-state index contributed by atoms with van der Waals surface area (Å²) in [6.45, 7) is 8.20. The lowest BCUT2D eigenvalue weighted by Crippen LogP contribution is -2.27. The molecule has 0 spiro atoms. The van der Waals surface area contributed by atoms with Gasteiger partial charge in [-0.2, -0.15) is 13.2 Å². The lowest BCUT2D eigenvalue weighted by molar-refractivity contribution is -0.150. The van der Waals surface area contributed by atoms with Crippen LogP contribution in [0.3, 0.4) is 0 Å². The molecule has 0 saturated carbocycles. The van der Waals surface area contributed by atoms with Crippen molar-refractivity contribution in [2.75, 3.05) is 32.8 Å². The van der Waals surface area contributed by atoms with Crippen molar-refractivity contribution in [2.45, 2.75) is 238 Å². The molecule has 316 valence electrons. The number of aliphatic hydroxyl groups is 1. The van der Waals surface area contributed by atoms with Gasteiger partial charge in [-0.1, -0.05) is 129 Å². The molecule has 0 heterocycles. The summed E-state index contributed by atoms with van der Waals surface area (Å²) in [5.74, 6) is -0.137. The number of nitrogens with zero attached hydrogens (tertiary/aromatic N) is 1. The normalized spacial score (nSPS) is 12.4. The number of rotatable bonds is 41. The van der Waals surface area contributed by atoms with E-state index in [1.165, 1.54) is 51.4 Å². The summed E-state index contributed by atoms with van der Waals surface area (Å²) < 4.78 is 47.9. The van der Waals surface area contributed by atoms with E-state index in [0.29, 0.717) is 25.9 Å². The third-order valence-corrected chi connectivity index (χ3v) is 10.3. The first-order valence-corrected chi connectivity index (χ1v) is 22.5. The molecule has 0 saturated heterocycles. The molecule has 0 aromatic heterocycles. The predicted molar refractivity (Wildman–Crippen MR) is 214 cm³/mol. The van der Waals surface area contributed by atoms with E-state index >= 15 is 0 Å². The Balaban J connectivity index is 4.03. The SMILES string of the molecule is CCCCCCCCC(CCCCCC)OC(=O)CCCCCCCN(CCCCO)CCCCCC(=O)OCCCCCCCCCCC(F)(F)F. The number of halogens is 3. The van der Waals surface area contributed by atoms with Crippen LogP contribution in [-0.4, -0.2) is 67.1 Å². The first kappa shape index (κ1) is 51.6. The van der Waals surface area contributed by atoms with E-state index in [-0.39, 0.29) is 31.1 Å². The van der Waals surface area contributed by atoms with Gasteiger partial charge in [0, 0.05) is 25.9 Å². The molecule has 1 unspecified atom stereocenters. The van der Waals surface area contributed by atoms with E-state index in [1.807, 2.05) is 0 Å². The molecule has 0 aliphatic heterocycles. The van der Waals surface area contributed by atoms with Gasteiger partial charge in [-0.25, -0.2) is 0 Å². The topological polar surface area (TPSA) is 76.1 Å². The second-order valence-electron chi connectivity index (χ2n) is 15.5. The molecule has 9 heteroatoms. The summed E-state index contributed by atoms with van der Waals surface area (Å²) in [5, 5.41) is 9.24. The monoisotopic (exact) mass is 764 g/mol. The Morgan fingerprint density at radius 1 is 0.528 bits per heavy atom. The number of hydrogen-bond acceptors (Lipinski definition) is 6. The molecule has 0 aliphatic carbocycles. The summed E-state index contributed by atoms with van der Waals surface area (Å²) in [4.78, 5) is 27.3. The highest BCUT2D eigenvalue weighted by atomic mass is 19.4. The van der Waals surface area contributed by atoms with Crippen LogP contribution in [0.4, 0.5) is 13.2 Å². The minimum Gasteiger partial charge on any atom is -0.466 e. The molecule has 0 amide bonds. The van der Waals surface area contributed by atoms with Crippen molar-refractivity contribution in [1.29, 1.82) is 0 Å². The van der Waals surface area contributed by atoms with E-state index in [2.05, 4.69) is 18.7 Å². The molecule has 1 N–H and O–H groups in total. The molecular weight excluding hydrogens is 679 g/mol. The summed E-state index contributed by atoms with van der Waals surface area (Å²) in [6, 6.07) is 0. The molecule has 0 aromatic carbocycles. The van der Waals surface area contributed by atoms with E-state index in [9.17, 15) is 27.9 Å². The molecule has 0 aromatic rings. The van der Waals surface area contributed by atoms with Gasteiger partial charge in [0.2, 0.25) is 0 Å². The van der Waals surface area contributed by atoms with Gasteiger partial charge < -0.3 is 19.5 Å². The molecule has 0 bridgehead atoms. The molecule has 0 aliphatic rings. The zero-order valence-electron chi connectivity index (χ0n) is 34.6. The number of carbonyl (C=O) groups excluding carboxylic acids is 2. The molecule has 0 fully saturated rings. The largest absolute Gasteiger partial charge is 0.466 e. The second-order valence-corrected chi connectivity index (χ2v) is 15.5. The van der Waals surface area contributed by atoms with Crippen LogP contribution in [0.5, 0.6) is 0 Å². The average Bonchev–Trinajstić information content (AvgIpc) is 3.12. The van der Waals surface area contributed by atoms with Crippen molar-refractivity contribution in [2.24, 2.45) is 0 Å². The maximum Gasteiger partial charge on any atom is 0.389 e. The smallest absolute Gasteiger partial charge is 0.389 e. The van der Waals surface area contributed by atoms with Gasteiger partial charge in [-0.05, 0) is 96.7 Å². The number of ether oxygens (including phenoxy) is 2. The standard InChI is InChI=1S/C44H84F3NO5/c1-3-5-7-9-15-22-32-41(31-21-8-6-4-2)53-43(51)34-23-16-14-18-26-36-48(38-28-29-39-49)37-27-20-24-33-42(50)52-40-30-19-13-11-10-12-17-25-35-44(45,46)47/h41,49H,3-40H2,1-2H3. The van der Waals surface area contributed by atoms with Crippen LogP contribution >= 0.6 is 0 Å². The Hall–Kier alpha value is -1.35. The highest BCUT2D eigenvalue weighted by Gasteiger charge is 2.25. The Morgan fingerprint density at radius 2 is 0.943 bits per heavy atom. The van der Waals surface area contributed by atoms with Crippen LogP contribution in [-0.2, 0) is 19.1 Å². The Bertz CT molecular complexity index is 797. The maximum atomic E-state index is 12.7. The van der Waals surface area contributed by atoms with E-state index < -0.39 is 12.6 Å². The van der Waals surface area contributed by atoms with Crippen molar-refractivity contribution >= 4 is 11.9 Å². The van der Waals surface area contributed by atoms with Crippen molar-refractivity contribution in [3.63, 3.8) is 0 Å². The Morgan fingerprint density at radius 3 is 1.49 bits per heavy atom. The van der Waals surface area contributed by atoms with Crippen LogP contribution in [0.1, 0.15) is 226 Å². The van der Waals surface area contributed by atoms with Crippen molar-refractivity contribution < 1.29 is 37.3 Å². The number of unbranched alkanes of at least 4 members (excludes halogenated alkanes) is 22. The summed E-state index contributed by atoms with van der Waals surface area (Å²) in [5.41, 5.74) is 0. The van der Waals surface area contributed by atoms with Crippen LogP contribution in [0.2, 0.25) is 0 Å². The van der Waals surface area contributed by atoms with Gasteiger partial charge in [-0.3, -0.25) is 9.59 Å². The van der Waals surface area contributed by atoms with Crippen LogP contribution in [0, 0.1) is 0 Å². The van der Waals surface area contributed by atoms with Crippen LogP contribution in [0.15, 0.2) is 0 Å². The highest BCUT2D eigenvalue weighted by molar-refractivity contribution is 5.69. The maximum absolute atomic E-state index is 12.7. The predicted octanol–water partition coefficient (Wildman–Crippen LogP) is 13.2. The van der Waals surface area contributed by atoms with Gasteiger partial charge in [0.15, 0.2) is 0 Å². The van der Waals surface area contributed by atoms with E-state index in [1.54, 1.807) is 0 Å². The quantitative estimate of drug-likeness (QED) is 0.0494. The zero-order chi connectivity index (χ0) is 39.1. The summed E-state index contributed by atoms with van der Waals surface area (Å²) in [7, 11) is 0. The first-order valence-electron chi connectivity index (χ1n) is 22.5. The average molecular weight is 764 g/mol. The minimum absolute atomic E-state index is 0.0106. The van der Waals surface area contributed by atoms with Gasteiger partial charge >= 0.3 is 18.1 Å². The molecule has 53 heavy (non-hydrogen) atoms. The van der Waals surface area contributed by atoms with Crippen molar-refractivity contribution in [3.05, 3.63) is 0 Å². The van der Waals surface area contributed by atoms with Crippen molar-refractivity contribution in [1.82, 2.24) is 4.90 Å². The molecule has 0 rings (SSSR count). The lowest BCUT2D eigenvalue weighted by Gasteiger charge is -2.22. The van der Waals surface area contributed by atoms with Crippen LogP contribution in [0.25, 0.3) is 0 Å². The number of carbonyl (C=O) groups is 2. The lowest BCUT2D eigenvalue weighted by atomic mass is 10.0. The molecule has 6 nitrogen and oxygen atoms in total. The first-order chi connectivity index (χ1) is 25.7. The fraction of sp³-hybridized carbons (Fsp3) is 0.955. The summed E-state index contributed by atoms with van der Waals surface area (Å²) >= 11 is 0. The molecule has 1 atom stereocenters.